The Bertz CT molecular complexity index is 506. The Hall–Kier alpha value is -3.42. The summed E-state index contributed by atoms with van der Waals surface area (Å²) >= 11 is 1.50. The number of urea groups is 2. The number of hydrogen-bond donors (Lipinski definition) is 3. The molecular formula is C13H18FmN5O3S-. The van der Waals surface area contributed by atoms with Crippen molar-refractivity contribution in [2.24, 2.45) is 5.73 Å². The zero-order valence-electron chi connectivity index (χ0n) is 12.4. The molecule has 0 aliphatic heterocycles. The summed E-state index contributed by atoms with van der Waals surface area (Å²) in [5.74, 6) is 0.606. The monoisotopic (exact) mass is 581 g/mol. The van der Waals surface area contributed by atoms with E-state index in [1.807, 2.05) is 24.5 Å². The van der Waals surface area contributed by atoms with E-state index in [4.69, 9.17) is 5.73 Å². The van der Waals surface area contributed by atoms with E-state index in [1.54, 1.807) is 12.1 Å². The number of nitrogens with one attached hydrogen (secondary N) is 2. The summed E-state index contributed by atoms with van der Waals surface area (Å²) < 4.78 is 0. The van der Waals surface area contributed by atoms with Crippen molar-refractivity contribution < 1.29 is 14.4 Å². The Morgan fingerprint density at radius 3 is 2.43 bits per heavy atom. The minimum atomic E-state index is -0.780. The molecule has 8 nitrogen and oxygen atoms in total. The molecule has 0 spiro atoms. The Morgan fingerprint density at radius 2 is 1.91 bits per heavy atom. The molecule has 0 heterocycles. The minimum Gasteiger partial charge on any atom is -0.518 e. The van der Waals surface area contributed by atoms with E-state index in [0.29, 0.717) is 5.75 Å². The van der Waals surface area contributed by atoms with Gasteiger partial charge in [0.1, 0.15) is 0 Å². The fraction of sp³-hybridized carbons (Fsp3) is 0.308. The fourth-order valence-electron chi connectivity index (χ4n) is 1.56. The van der Waals surface area contributed by atoms with Crippen molar-refractivity contribution in [3.05, 3.63) is 35.9 Å². The van der Waals surface area contributed by atoms with Crippen LogP contribution in [0.4, 0.5) is 9.59 Å². The van der Waals surface area contributed by atoms with E-state index < -0.39 is 12.1 Å². The summed E-state index contributed by atoms with van der Waals surface area (Å²) in [6.45, 7) is 0.378. The van der Waals surface area contributed by atoms with E-state index >= 15 is 0 Å². The molecule has 0 aliphatic carbocycles. The second-order valence-corrected chi connectivity index (χ2v) is 5.17. The molecular weight excluding hydrogens is 563 g/mol. The second kappa shape index (κ2) is 10.3. The molecule has 0 saturated heterocycles. The van der Waals surface area contributed by atoms with Crippen LogP contribution in [0.25, 0.3) is 0 Å². The van der Waals surface area contributed by atoms with Crippen molar-refractivity contribution in [1.82, 2.24) is 20.9 Å². The predicted octanol–water partition coefficient (Wildman–Crippen LogP) is 0.429. The van der Waals surface area contributed by atoms with Crippen molar-refractivity contribution in [3.63, 3.8) is 0 Å². The minimum absolute atomic E-state index is 0. The first-order valence-corrected chi connectivity index (χ1v) is 7.78. The van der Waals surface area contributed by atoms with Gasteiger partial charge in [0.2, 0.25) is 0 Å². The second-order valence-electron chi connectivity index (χ2n) is 4.19. The van der Waals surface area contributed by atoms with E-state index in [9.17, 15) is 14.4 Å². The van der Waals surface area contributed by atoms with Crippen LogP contribution in [0.15, 0.2) is 30.3 Å². The smallest absolute Gasteiger partial charge is 0.352 e. The Labute approximate surface area is 132 Å². The van der Waals surface area contributed by atoms with Gasteiger partial charge in [-0.05, 0) is 11.8 Å². The van der Waals surface area contributed by atoms with E-state index in [-0.39, 0.29) is 13.1 Å². The van der Waals surface area contributed by atoms with Gasteiger partial charge in [0.25, 0.3) is 0 Å². The standard InChI is InChI=1S/C13H18N5O3S.Fm/c1-22-8-7-17(12(14)20)16-13(21)18(15-10-19)9-11-5-3-2-4-6-11;/h2-6H,7-9H2,1H3,(H2,14,20)(H,15,19)(H,16,21);/q-1;. The van der Waals surface area contributed by atoms with Crippen LogP contribution in [0.5, 0.6) is 0 Å². The first kappa shape index (κ1) is 19.6. The summed E-state index contributed by atoms with van der Waals surface area (Å²) in [6.07, 6.45) is 3.31. The molecule has 23 heavy (non-hydrogen) atoms. The van der Waals surface area contributed by atoms with Crippen molar-refractivity contribution in [3.8, 4) is 0 Å². The van der Waals surface area contributed by atoms with Gasteiger partial charge >= 0.3 is 12.1 Å². The van der Waals surface area contributed by atoms with Crippen LogP contribution in [-0.2, 0) is 11.3 Å². The number of benzene rings is 1. The van der Waals surface area contributed by atoms with Crippen LogP contribution < -0.4 is 16.6 Å². The van der Waals surface area contributed by atoms with Crippen molar-refractivity contribution in [2.45, 2.75) is 6.54 Å². The molecule has 1 aromatic rings. The number of amides is 5. The molecule has 0 bridgehead atoms. The summed E-state index contributed by atoms with van der Waals surface area (Å²) in [5.41, 5.74) is 10.5. The number of carbonyl (C=O) groups is 2. The Morgan fingerprint density at radius 1 is 1.26 bits per heavy atom. The maximum absolute atomic E-state index is 12.1. The molecule has 0 saturated carbocycles. The van der Waals surface area contributed by atoms with Gasteiger partial charge in [-0.2, -0.15) is 11.8 Å². The molecule has 0 aromatic heterocycles. The topological polar surface area (TPSA) is 108 Å². The molecule has 0 fully saturated rings. The molecule has 132 valence electrons. The van der Waals surface area contributed by atoms with Crippen LogP contribution in [0.2, 0.25) is 0 Å². The number of primary amides is 1. The molecule has 1 rings (SSSR count). The largest absolute Gasteiger partial charge is 0.518 e. The Kier molecular flexibility index (Phi) is 8.79. The number of hydrogen-bond acceptors (Lipinski definition) is 4. The summed E-state index contributed by atoms with van der Waals surface area (Å²) in [7, 11) is 0. The SMILES string of the molecule is CSCCN(NC(=O)N(Cc1ccccc1)N[C-]=O)C(N)=O.[Fm]. The number of thioether (sulfide) groups is 1. The zero-order valence-corrected chi connectivity index (χ0v) is 15.6. The summed E-state index contributed by atoms with van der Waals surface area (Å²) in [4.78, 5) is 34.0. The normalized spacial score (nSPS) is 9.26. The third kappa shape index (κ3) is 6.71. The van der Waals surface area contributed by atoms with Gasteiger partial charge in [-0.1, -0.05) is 30.3 Å². The van der Waals surface area contributed by atoms with Gasteiger partial charge in [-0.15, -0.1) is 6.41 Å². The molecule has 0 atom stereocenters. The number of hydrazine groups is 2. The average Bonchev–Trinajstić information content (AvgIpc) is 2.51. The number of nitrogens with two attached hydrogens (primary N) is 1. The van der Waals surface area contributed by atoms with Gasteiger partial charge in [0.05, 0.1) is 13.1 Å². The first-order valence-electron chi connectivity index (χ1n) is 6.39. The molecule has 1 aromatic carbocycles. The quantitative estimate of drug-likeness (QED) is 0.247. The van der Waals surface area contributed by atoms with Gasteiger partial charge in [0.15, 0.2) is 0 Å². The maximum atomic E-state index is 12.1. The first-order chi connectivity index (χ1) is 10.6. The maximum Gasteiger partial charge on any atom is 0.352 e. The van der Waals surface area contributed by atoms with E-state index in [0.717, 1.165) is 15.6 Å². The number of rotatable bonds is 7. The van der Waals surface area contributed by atoms with Gasteiger partial charge in [-0.25, -0.2) is 20.0 Å². The van der Waals surface area contributed by atoms with Gasteiger partial charge in [-0.3, -0.25) is 5.01 Å². The summed E-state index contributed by atoms with van der Waals surface area (Å²) in [5, 5.41) is 1.99. The third-order valence-electron chi connectivity index (χ3n) is 2.62. The van der Waals surface area contributed by atoms with Crippen LogP contribution in [0.3, 0.4) is 0 Å². The van der Waals surface area contributed by atoms with Crippen molar-refractivity contribution in [1.29, 1.82) is 0 Å². The van der Waals surface area contributed by atoms with E-state index in [2.05, 4.69) is 10.9 Å². The fourth-order valence-corrected chi connectivity index (χ4v) is 1.93. The van der Waals surface area contributed by atoms with E-state index in [1.165, 1.54) is 18.2 Å². The van der Waals surface area contributed by atoms with Gasteiger partial charge in [0, 0.05) is 5.75 Å². The Balaban J connectivity index is 0.00000484. The van der Waals surface area contributed by atoms with Gasteiger partial charge < -0.3 is 16.0 Å². The molecule has 5 amide bonds. The average molecular weight is 581 g/mol. The van der Waals surface area contributed by atoms with Crippen molar-refractivity contribution >= 4 is 30.2 Å². The van der Waals surface area contributed by atoms with Crippen LogP contribution >= 0.6 is 11.8 Å². The van der Waals surface area contributed by atoms with Crippen molar-refractivity contribution in [2.75, 3.05) is 18.6 Å². The molecule has 0 unspecified atom stereocenters. The van der Waals surface area contributed by atoms with Crippen LogP contribution in [0.1, 0.15) is 5.56 Å². The zero-order chi connectivity index (χ0) is 16.4. The third-order valence-corrected chi connectivity index (χ3v) is 3.22. The number of nitrogens with zero attached hydrogens (tertiary/aromatic N) is 2. The summed E-state index contributed by atoms with van der Waals surface area (Å²) in [6, 6.07) is 7.58. The molecule has 0 radical (unpaired) electrons. The number of carbonyl (C=O) groups excluding carboxylic acids is 3. The molecule has 10 heteroatoms. The van der Waals surface area contributed by atoms with Crippen LogP contribution in [-0.4, -0.2) is 47.0 Å². The van der Waals surface area contributed by atoms with Crippen LogP contribution in [0, 0.1) is 0 Å². The molecule has 0 aliphatic rings. The molecule has 4 N–H and O–H groups in total. The predicted molar refractivity (Wildman–Crippen MR) is 84.0 cm³/mol.